The van der Waals surface area contributed by atoms with Gasteiger partial charge in [0.15, 0.2) is 12.9 Å². The van der Waals surface area contributed by atoms with Gasteiger partial charge in [0.25, 0.3) is 0 Å². The Labute approximate surface area is 36.4 Å². The van der Waals surface area contributed by atoms with Crippen molar-refractivity contribution in [2.75, 3.05) is 13.2 Å². The number of rotatable bonds is 0. The molecule has 0 unspecified atom stereocenters. The maximum absolute atomic E-state index is 3.06. The van der Waals surface area contributed by atoms with Crippen LogP contribution in [-0.2, 0) is 0 Å². The van der Waals surface area contributed by atoms with Crippen LogP contribution in [0.1, 0.15) is 0 Å². The van der Waals surface area contributed by atoms with Crippen molar-refractivity contribution >= 4 is 6.21 Å². The molecule has 1 rings (SSSR count). The van der Waals surface area contributed by atoms with Crippen LogP contribution >= 0.6 is 0 Å². The van der Waals surface area contributed by atoms with E-state index in [9.17, 15) is 0 Å². The average molecular weight is 88.1 g/mol. The van der Waals surface area contributed by atoms with Crippen molar-refractivity contribution in [3.63, 3.8) is 0 Å². The molecule has 0 atom stereocenters. The first-order valence-electron chi connectivity index (χ1n) is 1.76. The van der Waals surface area contributed by atoms with E-state index in [0.29, 0.717) is 0 Å². The zero-order valence-electron chi connectivity index (χ0n) is 3.44. The first kappa shape index (κ1) is 5.59. The average Bonchev–Trinajstić information content (AvgIpc) is 1.76. The summed E-state index contributed by atoms with van der Waals surface area (Å²) in [6.07, 6.45) is 2.00. The summed E-state index contributed by atoms with van der Waals surface area (Å²) in [4.78, 5) is 2.99. The highest BCUT2D eigenvalue weighted by Crippen LogP contribution is 1.40. The summed E-state index contributed by atoms with van der Waals surface area (Å²) in [5.41, 5.74) is 0. The molecular weight excluding hydrogens is 80.0 g/mol. The van der Waals surface area contributed by atoms with Crippen LogP contribution in [-0.4, -0.2) is 24.9 Å². The van der Waals surface area contributed by atoms with Crippen LogP contribution in [0.25, 0.3) is 0 Å². The SMILES string of the molecule is C1=[NH+]CNC1.[OH-]. The second-order valence-corrected chi connectivity index (χ2v) is 1.04. The Morgan fingerprint density at radius 2 is 2.50 bits per heavy atom. The van der Waals surface area contributed by atoms with E-state index in [2.05, 4.69) is 10.3 Å². The number of hydrogen-bond acceptors (Lipinski definition) is 2. The van der Waals surface area contributed by atoms with Gasteiger partial charge in [-0.3, -0.25) is 5.32 Å². The Kier molecular flexibility index (Phi) is 2.62. The second-order valence-electron chi connectivity index (χ2n) is 1.04. The van der Waals surface area contributed by atoms with Gasteiger partial charge < -0.3 is 5.48 Å². The lowest BCUT2D eigenvalue weighted by Gasteiger charge is -1.69. The molecule has 6 heavy (non-hydrogen) atoms. The lowest BCUT2D eigenvalue weighted by Crippen LogP contribution is -2.67. The van der Waals surface area contributed by atoms with Crippen LogP contribution in [0.4, 0.5) is 0 Å². The molecule has 1 aliphatic heterocycles. The van der Waals surface area contributed by atoms with Crippen molar-refractivity contribution in [1.82, 2.24) is 5.32 Å². The quantitative estimate of drug-likeness (QED) is 0.344. The van der Waals surface area contributed by atoms with Crippen LogP contribution in [0.2, 0.25) is 0 Å². The van der Waals surface area contributed by atoms with Crippen molar-refractivity contribution < 1.29 is 10.5 Å². The topological polar surface area (TPSA) is 56.0 Å². The summed E-state index contributed by atoms with van der Waals surface area (Å²) in [7, 11) is 0. The predicted molar refractivity (Wildman–Crippen MR) is 21.8 cm³/mol. The van der Waals surface area contributed by atoms with E-state index >= 15 is 0 Å². The first-order chi connectivity index (χ1) is 2.50. The lowest BCUT2D eigenvalue weighted by atomic mass is 10.8. The van der Waals surface area contributed by atoms with E-state index in [0.717, 1.165) is 13.2 Å². The molecule has 0 aromatic heterocycles. The van der Waals surface area contributed by atoms with Crippen molar-refractivity contribution in [1.29, 1.82) is 0 Å². The lowest BCUT2D eigenvalue weighted by molar-refractivity contribution is -0.446. The molecule has 0 aromatic carbocycles. The summed E-state index contributed by atoms with van der Waals surface area (Å²) < 4.78 is 0. The summed E-state index contributed by atoms with van der Waals surface area (Å²) >= 11 is 0. The number of nitrogens with one attached hydrogen (secondary N) is 2. The third-order valence-electron chi connectivity index (χ3n) is 0.618. The first-order valence-corrected chi connectivity index (χ1v) is 1.76. The Hall–Kier alpha value is -0.410. The van der Waals surface area contributed by atoms with E-state index < -0.39 is 0 Å². The normalized spacial score (nSPS) is 17.3. The molecule has 0 spiro atoms. The molecule has 3 nitrogen and oxygen atoms in total. The van der Waals surface area contributed by atoms with E-state index in [4.69, 9.17) is 0 Å². The van der Waals surface area contributed by atoms with E-state index in [-0.39, 0.29) is 5.48 Å². The second kappa shape index (κ2) is 2.81. The van der Waals surface area contributed by atoms with Crippen molar-refractivity contribution in [2.24, 2.45) is 0 Å². The monoisotopic (exact) mass is 88.1 g/mol. The fourth-order valence-corrected chi connectivity index (χ4v) is 0.361. The zero-order chi connectivity index (χ0) is 3.54. The van der Waals surface area contributed by atoms with Gasteiger partial charge in [0.05, 0.1) is 6.54 Å². The van der Waals surface area contributed by atoms with Gasteiger partial charge in [0.1, 0.15) is 0 Å². The van der Waals surface area contributed by atoms with Crippen molar-refractivity contribution in [3.8, 4) is 0 Å². The van der Waals surface area contributed by atoms with Gasteiger partial charge in [-0.05, 0) is 0 Å². The molecule has 0 radical (unpaired) electrons. The van der Waals surface area contributed by atoms with Crippen LogP contribution < -0.4 is 10.3 Å². The highest BCUT2D eigenvalue weighted by molar-refractivity contribution is 5.53. The molecule has 1 aliphatic rings. The van der Waals surface area contributed by atoms with Crippen LogP contribution in [0.15, 0.2) is 0 Å². The molecule has 0 amide bonds. The smallest absolute Gasteiger partial charge is 0.195 e. The Balaban J connectivity index is 0.000000250. The molecule has 3 heteroatoms. The molecule has 0 saturated carbocycles. The summed E-state index contributed by atoms with van der Waals surface area (Å²) in [5.74, 6) is 0. The molecule has 1 heterocycles. The van der Waals surface area contributed by atoms with Crippen molar-refractivity contribution in [3.05, 3.63) is 0 Å². The highest BCUT2D eigenvalue weighted by atomic mass is 16.0. The van der Waals surface area contributed by atoms with Gasteiger partial charge in [-0.1, -0.05) is 0 Å². The minimum atomic E-state index is 0. The van der Waals surface area contributed by atoms with Gasteiger partial charge >= 0.3 is 0 Å². The maximum atomic E-state index is 3.06. The van der Waals surface area contributed by atoms with E-state index in [1.54, 1.807) is 0 Å². The number of hydrogen-bond donors (Lipinski definition) is 2. The van der Waals surface area contributed by atoms with Gasteiger partial charge in [-0.2, -0.15) is 0 Å². The summed E-state index contributed by atoms with van der Waals surface area (Å²) in [6, 6.07) is 0. The molecule has 36 valence electrons. The molecule has 0 bridgehead atoms. The molecule has 0 saturated heterocycles. The predicted octanol–water partition coefficient (Wildman–Crippen LogP) is -2.48. The Bertz CT molecular complexity index is 46.8. The van der Waals surface area contributed by atoms with Gasteiger partial charge in [0.2, 0.25) is 0 Å². The fraction of sp³-hybridized carbons (Fsp3) is 0.667. The van der Waals surface area contributed by atoms with Crippen LogP contribution in [0, 0.1) is 0 Å². The maximum Gasteiger partial charge on any atom is 0.195 e. The van der Waals surface area contributed by atoms with Gasteiger partial charge in [-0.25, -0.2) is 4.99 Å². The standard InChI is InChI=1S/C3H6N2.H2O/c1-2-5-3-4-1;/h1,5H,2-3H2;1H2. The molecule has 0 aromatic rings. The minimum absolute atomic E-state index is 0. The van der Waals surface area contributed by atoms with Gasteiger partial charge in [-0.15, -0.1) is 0 Å². The summed E-state index contributed by atoms with van der Waals surface area (Å²) in [5, 5.41) is 3.06. The third kappa shape index (κ3) is 1.14. The summed E-state index contributed by atoms with van der Waals surface area (Å²) in [6.45, 7) is 1.96. The van der Waals surface area contributed by atoms with Crippen LogP contribution in [0.3, 0.4) is 0 Å². The zero-order valence-corrected chi connectivity index (χ0v) is 3.44. The molecule has 3 N–H and O–H groups in total. The largest absolute Gasteiger partial charge is 0.870 e. The third-order valence-corrected chi connectivity index (χ3v) is 0.618. The van der Waals surface area contributed by atoms with E-state index in [1.807, 2.05) is 6.21 Å². The van der Waals surface area contributed by atoms with Crippen LogP contribution in [0.5, 0.6) is 0 Å². The Morgan fingerprint density at radius 1 is 1.67 bits per heavy atom. The highest BCUT2D eigenvalue weighted by Gasteiger charge is 1.89. The van der Waals surface area contributed by atoms with E-state index in [1.165, 1.54) is 0 Å². The molecule has 0 aliphatic carbocycles. The van der Waals surface area contributed by atoms with Crippen molar-refractivity contribution in [2.45, 2.75) is 0 Å². The minimum Gasteiger partial charge on any atom is -0.870 e. The Morgan fingerprint density at radius 3 is 2.67 bits per heavy atom. The molecular formula is C3H8N2O. The molecule has 0 fully saturated rings. The van der Waals surface area contributed by atoms with Gasteiger partial charge in [0, 0.05) is 0 Å². The fourth-order valence-electron chi connectivity index (χ4n) is 0.361.